The van der Waals surface area contributed by atoms with Gasteiger partial charge < -0.3 is 25.2 Å². The van der Waals surface area contributed by atoms with E-state index in [2.05, 4.69) is 29.5 Å². The van der Waals surface area contributed by atoms with Crippen LogP contribution in [0, 0.1) is 34.5 Å². The third-order valence-electron chi connectivity index (χ3n) is 10.9. The van der Waals surface area contributed by atoms with Crippen molar-refractivity contribution in [1.29, 1.82) is 0 Å². The molecule has 1 spiro atoms. The molecule has 0 bridgehead atoms. The Morgan fingerprint density at radius 1 is 1.02 bits per heavy atom. The van der Waals surface area contributed by atoms with Crippen LogP contribution in [0.4, 0.5) is 0 Å². The molecule has 4 atom stereocenters. The minimum atomic E-state index is -0.852. The van der Waals surface area contributed by atoms with E-state index in [1.54, 1.807) is 18.1 Å². The lowest BCUT2D eigenvalue weighted by atomic mass is 9.70. The number of carbonyl (C=O) groups is 4. The molecule has 11 heteroatoms. The fraction of sp³-hybridized carbons (Fsp3) is 0.788. The molecule has 3 saturated carbocycles. The molecule has 0 radical (unpaired) electrons. The number of amides is 4. The summed E-state index contributed by atoms with van der Waals surface area (Å²) in [5.74, 6) is 0.112. The van der Waals surface area contributed by atoms with Crippen molar-refractivity contribution in [2.45, 2.75) is 90.7 Å². The van der Waals surface area contributed by atoms with Crippen LogP contribution in [0.5, 0.6) is 0 Å². The van der Waals surface area contributed by atoms with Gasteiger partial charge in [-0.15, -0.1) is 11.3 Å². The van der Waals surface area contributed by atoms with Crippen molar-refractivity contribution in [3.8, 4) is 0 Å². The zero-order valence-electron chi connectivity index (χ0n) is 26.7. The van der Waals surface area contributed by atoms with Crippen LogP contribution in [0.1, 0.15) is 86.8 Å². The van der Waals surface area contributed by atoms with E-state index in [0.717, 1.165) is 30.7 Å². The molecule has 3 aliphatic carbocycles. The van der Waals surface area contributed by atoms with Crippen molar-refractivity contribution >= 4 is 35.0 Å². The number of hydrogen-bond acceptors (Lipinski definition) is 7. The summed E-state index contributed by atoms with van der Waals surface area (Å²) in [4.78, 5) is 62.7. The van der Waals surface area contributed by atoms with Gasteiger partial charge in [0.15, 0.2) is 0 Å². The van der Waals surface area contributed by atoms with E-state index in [1.165, 1.54) is 43.4 Å². The van der Waals surface area contributed by atoms with Crippen molar-refractivity contribution < 1.29 is 23.9 Å². The molecule has 10 nitrogen and oxygen atoms in total. The summed E-state index contributed by atoms with van der Waals surface area (Å²) in [6, 6.07) is -0.852. The Balaban J connectivity index is 1.15. The summed E-state index contributed by atoms with van der Waals surface area (Å²) in [5.41, 5.74) is -0.525. The summed E-state index contributed by atoms with van der Waals surface area (Å²) in [6.07, 6.45) is 11.4. The monoisotopic (exact) mass is 627 g/mol. The second-order valence-electron chi connectivity index (χ2n) is 14.9. The Hall–Kier alpha value is -2.53. The summed E-state index contributed by atoms with van der Waals surface area (Å²) in [6.45, 7) is 8.16. The van der Waals surface area contributed by atoms with E-state index in [9.17, 15) is 19.2 Å². The highest BCUT2D eigenvalue weighted by Gasteiger charge is 2.62. The van der Waals surface area contributed by atoms with Crippen LogP contribution >= 0.6 is 11.3 Å². The van der Waals surface area contributed by atoms with Crippen LogP contribution in [-0.2, 0) is 25.5 Å². The number of likely N-dealkylation sites (tertiary alicyclic amines) is 2. The molecule has 2 saturated heterocycles. The van der Waals surface area contributed by atoms with E-state index in [0.29, 0.717) is 43.0 Å². The molecular formula is C33H49N5O5S. The number of carbonyl (C=O) groups excluding carboxylic acids is 4. The lowest BCUT2D eigenvalue weighted by Gasteiger charge is -2.50. The first-order valence-corrected chi connectivity index (χ1v) is 17.5. The number of thiazole rings is 1. The van der Waals surface area contributed by atoms with Crippen molar-refractivity contribution in [3.63, 3.8) is 0 Å². The Morgan fingerprint density at radius 3 is 2.34 bits per heavy atom. The van der Waals surface area contributed by atoms with Gasteiger partial charge in [0.05, 0.1) is 23.2 Å². The second-order valence-corrected chi connectivity index (χ2v) is 16.1. The zero-order chi connectivity index (χ0) is 31.2. The first-order chi connectivity index (χ1) is 21.0. The van der Waals surface area contributed by atoms with Gasteiger partial charge in [-0.1, -0.05) is 33.1 Å². The molecule has 6 rings (SSSR count). The molecule has 44 heavy (non-hydrogen) atoms. The minimum Gasteiger partial charge on any atom is -0.376 e. The molecule has 0 unspecified atom stereocenters. The summed E-state index contributed by atoms with van der Waals surface area (Å²) >= 11 is 1.45. The van der Waals surface area contributed by atoms with Gasteiger partial charge in [0.1, 0.15) is 10.9 Å². The maximum Gasteiger partial charge on any atom is 0.265 e. The van der Waals surface area contributed by atoms with Crippen LogP contribution < -0.4 is 10.6 Å². The van der Waals surface area contributed by atoms with Gasteiger partial charge in [0.2, 0.25) is 17.7 Å². The largest absolute Gasteiger partial charge is 0.376 e. The molecule has 2 N–H and O–H groups in total. The Labute approximate surface area is 265 Å². The number of nitrogens with zero attached hydrogens (tertiary/aromatic N) is 3. The number of hydrogen-bond donors (Lipinski definition) is 2. The molecule has 4 amide bonds. The average Bonchev–Trinajstić information content (AvgIpc) is 3.80. The molecule has 1 aromatic heterocycles. The fourth-order valence-electron chi connectivity index (χ4n) is 7.56. The van der Waals surface area contributed by atoms with Crippen molar-refractivity contribution in [3.05, 3.63) is 16.1 Å². The number of rotatable bonds is 11. The maximum atomic E-state index is 14.1. The maximum absolute atomic E-state index is 14.1. The quantitative estimate of drug-likeness (QED) is 0.389. The smallest absolute Gasteiger partial charge is 0.265 e. The van der Waals surface area contributed by atoms with Crippen LogP contribution in [0.3, 0.4) is 0 Å². The number of aromatic nitrogens is 1. The zero-order valence-corrected chi connectivity index (χ0v) is 27.5. The highest BCUT2D eigenvalue weighted by molar-refractivity contribution is 7.13. The van der Waals surface area contributed by atoms with E-state index in [1.807, 2.05) is 11.8 Å². The number of ether oxygens (including phenoxy) is 1. The molecule has 5 aliphatic rings. The standard InChI is InChI=1S/C33H49N5O5S/c1-20(43-16-22-8-6-5-7-9-22)27(29(40)34-4)36-28(39)24-15-37(31(42)25-14-35-26(44-25)12-21-10-11-21)17-33(24)18-38(19-33)30(41)23-13-32(23,2)3/h14,20-24,27H,5-13,15-19H2,1-4H3,(H,34,40)(H,36,39)/t20-,23-,24+,27+/m1/s1. The SMILES string of the molecule is CNC(=O)[C@@H](NC(=O)[C@@H]1CN(C(=O)c2cnc(CC3CC3)s2)CC12CN(C(=O)[C@H]1CC1(C)C)C2)[C@@H](C)OCC1CCCCC1. The minimum absolute atomic E-state index is 0.0210. The predicted octanol–water partition coefficient (Wildman–Crippen LogP) is 3.26. The highest BCUT2D eigenvalue weighted by Crippen LogP contribution is 2.54. The van der Waals surface area contributed by atoms with Crippen molar-refractivity contribution in [1.82, 2.24) is 25.4 Å². The van der Waals surface area contributed by atoms with Gasteiger partial charge in [0.25, 0.3) is 5.91 Å². The normalized spacial score (nSPS) is 27.0. The number of nitrogens with one attached hydrogen (secondary N) is 2. The third kappa shape index (κ3) is 6.55. The lowest BCUT2D eigenvalue weighted by molar-refractivity contribution is -0.152. The van der Waals surface area contributed by atoms with Crippen LogP contribution in [0.25, 0.3) is 0 Å². The van der Waals surface area contributed by atoms with E-state index < -0.39 is 23.5 Å². The lowest BCUT2D eigenvalue weighted by Crippen LogP contribution is -2.65. The highest BCUT2D eigenvalue weighted by atomic mass is 32.1. The first-order valence-electron chi connectivity index (χ1n) is 16.7. The van der Waals surface area contributed by atoms with Gasteiger partial charge in [-0.05, 0) is 56.3 Å². The summed E-state index contributed by atoms with van der Waals surface area (Å²) in [7, 11) is 1.56. The van der Waals surface area contributed by atoms with Crippen LogP contribution in [-0.4, -0.2) is 90.4 Å². The molecule has 2 aliphatic heterocycles. The second kappa shape index (κ2) is 12.3. The molecule has 242 valence electrons. The van der Waals surface area contributed by atoms with Gasteiger partial charge in [-0.25, -0.2) is 4.98 Å². The third-order valence-corrected chi connectivity index (χ3v) is 11.9. The van der Waals surface area contributed by atoms with Gasteiger partial charge in [-0.3, -0.25) is 19.2 Å². The van der Waals surface area contributed by atoms with Gasteiger partial charge in [0, 0.05) is 57.6 Å². The van der Waals surface area contributed by atoms with Gasteiger partial charge in [-0.2, -0.15) is 0 Å². The van der Waals surface area contributed by atoms with E-state index in [4.69, 9.17) is 4.74 Å². The van der Waals surface area contributed by atoms with Crippen LogP contribution in [0.2, 0.25) is 0 Å². The molecule has 1 aromatic rings. The van der Waals surface area contributed by atoms with E-state index in [-0.39, 0.29) is 41.5 Å². The van der Waals surface area contributed by atoms with Crippen LogP contribution in [0.15, 0.2) is 6.20 Å². The summed E-state index contributed by atoms with van der Waals surface area (Å²) in [5, 5.41) is 6.70. The first kappa shape index (κ1) is 31.5. The number of likely N-dealkylation sites (N-methyl/N-ethyl adjacent to an activating group) is 1. The topological polar surface area (TPSA) is 121 Å². The molecule has 3 heterocycles. The molecular weight excluding hydrogens is 578 g/mol. The Morgan fingerprint density at radius 2 is 1.70 bits per heavy atom. The predicted molar refractivity (Wildman–Crippen MR) is 167 cm³/mol. The Bertz CT molecular complexity index is 1260. The van der Waals surface area contributed by atoms with Gasteiger partial charge >= 0.3 is 0 Å². The fourth-order valence-corrected chi connectivity index (χ4v) is 8.56. The van der Waals surface area contributed by atoms with E-state index >= 15 is 0 Å². The van der Waals surface area contributed by atoms with Crippen molar-refractivity contribution in [2.75, 3.05) is 39.8 Å². The molecule has 5 fully saturated rings. The Kier molecular flexibility index (Phi) is 8.82. The van der Waals surface area contributed by atoms with Crippen molar-refractivity contribution in [2.24, 2.45) is 34.5 Å². The average molecular weight is 628 g/mol. The summed E-state index contributed by atoms with van der Waals surface area (Å²) < 4.78 is 6.18. The molecule has 0 aromatic carbocycles.